The van der Waals surface area contributed by atoms with Crippen LogP contribution in [-0.2, 0) is 19.3 Å². The van der Waals surface area contributed by atoms with Gasteiger partial charge in [-0.15, -0.1) is 30.0 Å². The Hall–Kier alpha value is -4.72. The van der Waals surface area contributed by atoms with Gasteiger partial charge < -0.3 is 10.2 Å². The molecule has 0 saturated carbocycles. The van der Waals surface area contributed by atoms with Crippen LogP contribution >= 0.6 is 0 Å². The lowest BCUT2D eigenvalue weighted by Crippen LogP contribution is -2.05. The highest BCUT2D eigenvalue weighted by atomic mass is 16.3. The predicted molar refractivity (Wildman–Crippen MR) is 161 cm³/mol. The summed E-state index contributed by atoms with van der Waals surface area (Å²) in [6, 6.07) is 23.3. The van der Waals surface area contributed by atoms with Crippen molar-refractivity contribution in [1.82, 2.24) is 30.0 Å². The van der Waals surface area contributed by atoms with E-state index in [1.165, 1.54) is 9.59 Å². The summed E-state index contributed by atoms with van der Waals surface area (Å²) in [7, 11) is 0. The molecule has 0 aliphatic rings. The lowest BCUT2D eigenvalue weighted by Gasteiger charge is -2.16. The molecule has 0 spiro atoms. The molecule has 0 unspecified atom stereocenters. The topological polar surface area (TPSA) is 102 Å². The summed E-state index contributed by atoms with van der Waals surface area (Å²) in [4.78, 5) is 3.03. The molecule has 2 aromatic heterocycles. The Bertz CT molecular complexity index is 1640. The molecule has 8 heteroatoms. The van der Waals surface area contributed by atoms with Crippen LogP contribution in [-0.4, -0.2) is 40.2 Å². The lowest BCUT2D eigenvalue weighted by atomic mass is 9.95. The first-order valence-corrected chi connectivity index (χ1v) is 14.4. The first-order valence-electron chi connectivity index (χ1n) is 14.4. The molecular weight excluding hydrogens is 512 g/mol. The zero-order valence-electron chi connectivity index (χ0n) is 23.5. The first-order chi connectivity index (χ1) is 20.0. The second kappa shape index (κ2) is 11.4. The molecule has 2 N–H and O–H groups in total. The van der Waals surface area contributed by atoms with Crippen LogP contribution in [0, 0.1) is 0 Å². The van der Waals surface area contributed by atoms with Gasteiger partial charge in [-0.1, -0.05) is 63.1 Å². The molecule has 4 aromatic carbocycles. The molecule has 0 fully saturated rings. The highest BCUT2D eigenvalue weighted by molar-refractivity contribution is 5.74. The second-order valence-electron chi connectivity index (χ2n) is 10.6. The maximum Gasteiger partial charge on any atom is 0.146 e. The Kier molecular flexibility index (Phi) is 7.37. The van der Waals surface area contributed by atoms with Gasteiger partial charge in [0.25, 0.3) is 0 Å². The Morgan fingerprint density at radius 3 is 1.27 bits per heavy atom. The molecule has 8 nitrogen and oxygen atoms in total. The normalized spacial score (nSPS) is 11.6. The summed E-state index contributed by atoms with van der Waals surface area (Å²) >= 11 is 0. The largest absolute Gasteiger partial charge is 0.505 e. The number of aryl methyl sites for hydroxylation is 2. The van der Waals surface area contributed by atoms with E-state index in [1.54, 1.807) is 0 Å². The minimum Gasteiger partial charge on any atom is -0.505 e. The first kappa shape index (κ1) is 26.5. The number of phenols is 2. The predicted octanol–water partition coefficient (Wildman–Crippen LogP) is 6.84. The van der Waals surface area contributed by atoms with Crippen LogP contribution in [0.5, 0.6) is 11.5 Å². The monoisotopic (exact) mass is 546 g/mol. The van der Waals surface area contributed by atoms with Gasteiger partial charge in [0.15, 0.2) is 0 Å². The summed E-state index contributed by atoms with van der Waals surface area (Å²) in [5, 5.41) is 41.6. The number of aromatic hydroxyl groups is 2. The summed E-state index contributed by atoms with van der Waals surface area (Å²) in [6.07, 6.45) is 6.25. The van der Waals surface area contributed by atoms with Gasteiger partial charge in [0, 0.05) is 17.5 Å². The van der Waals surface area contributed by atoms with Crippen LogP contribution in [0.4, 0.5) is 0 Å². The third-order valence-corrected chi connectivity index (χ3v) is 7.48. The zero-order valence-corrected chi connectivity index (χ0v) is 23.5. The van der Waals surface area contributed by atoms with Gasteiger partial charge in [-0.3, -0.25) is 0 Å². The number of hydrogen-bond acceptors (Lipinski definition) is 6. The molecule has 6 aromatic rings. The van der Waals surface area contributed by atoms with E-state index in [9.17, 15) is 10.2 Å². The van der Waals surface area contributed by atoms with Crippen LogP contribution in [0.1, 0.15) is 61.8 Å². The van der Waals surface area contributed by atoms with Gasteiger partial charge in [0.1, 0.15) is 44.9 Å². The highest BCUT2D eigenvalue weighted by Gasteiger charge is 2.19. The fourth-order valence-electron chi connectivity index (χ4n) is 5.25. The maximum atomic E-state index is 11.5. The third kappa shape index (κ3) is 5.37. The number of benzene rings is 4. The van der Waals surface area contributed by atoms with Gasteiger partial charge in [-0.25, -0.2) is 0 Å². The van der Waals surface area contributed by atoms with Crippen molar-refractivity contribution in [1.29, 1.82) is 0 Å². The number of fused-ring (bicyclic) bond motifs is 2. The summed E-state index contributed by atoms with van der Waals surface area (Å²) in [6.45, 7) is 4.33. The Morgan fingerprint density at radius 1 is 0.561 bits per heavy atom. The molecule has 41 heavy (non-hydrogen) atoms. The molecule has 0 bridgehead atoms. The van der Waals surface area contributed by atoms with Gasteiger partial charge in [-0.2, -0.15) is 0 Å². The molecule has 2 heterocycles. The van der Waals surface area contributed by atoms with E-state index < -0.39 is 0 Å². The number of nitrogens with zero attached hydrogens (tertiary/aromatic N) is 6. The van der Waals surface area contributed by atoms with Crippen molar-refractivity contribution in [3.8, 4) is 22.9 Å². The van der Waals surface area contributed by atoms with Crippen molar-refractivity contribution in [3.63, 3.8) is 0 Å². The van der Waals surface area contributed by atoms with E-state index >= 15 is 0 Å². The summed E-state index contributed by atoms with van der Waals surface area (Å²) < 4.78 is 0. The van der Waals surface area contributed by atoms with Crippen molar-refractivity contribution in [2.24, 2.45) is 0 Å². The number of hydrogen-bond donors (Lipinski definition) is 2. The number of rotatable bonds is 10. The minimum atomic E-state index is 0.105. The maximum absolute atomic E-state index is 11.5. The molecule has 6 rings (SSSR count). The van der Waals surface area contributed by atoms with E-state index in [0.29, 0.717) is 28.9 Å². The molecular formula is C33H34N6O2. The Balaban J connectivity index is 1.46. The van der Waals surface area contributed by atoms with Crippen molar-refractivity contribution in [3.05, 3.63) is 95.1 Å². The molecule has 0 atom stereocenters. The fraction of sp³-hybridized carbons (Fsp3) is 0.273. The average Bonchev–Trinajstić information content (AvgIpc) is 3.62. The molecule has 0 saturated heterocycles. The van der Waals surface area contributed by atoms with E-state index in [2.05, 4.69) is 34.2 Å². The summed E-state index contributed by atoms with van der Waals surface area (Å²) in [5.74, 6) is 0.210. The van der Waals surface area contributed by atoms with E-state index in [4.69, 9.17) is 0 Å². The third-order valence-electron chi connectivity index (χ3n) is 7.48. The quantitative estimate of drug-likeness (QED) is 0.195. The number of unbranched alkanes of at least 4 members (excludes halogenated alkanes) is 2. The van der Waals surface area contributed by atoms with E-state index in [1.807, 2.05) is 72.8 Å². The SMILES string of the molecule is CCCCc1cc(Cc2cc(CCCC)cc(-n3nc4ccccc4n3)c2O)c(O)c(-n2nc3ccccc3n2)c1. The van der Waals surface area contributed by atoms with Gasteiger partial charge >= 0.3 is 0 Å². The number of aromatic nitrogens is 6. The van der Waals surface area contributed by atoms with E-state index in [0.717, 1.165) is 71.7 Å². The fourth-order valence-corrected chi connectivity index (χ4v) is 5.25. The Morgan fingerprint density at radius 2 is 0.927 bits per heavy atom. The van der Waals surface area contributed by atoms with Crippen LogP contribution in [0.3, 0.4) is 0 Å². The van der Waals surface area contributed by atoms with Crippen molar-refractivity contribution < 1.29 is 10.2 Å². The molecule has 0 aliphatic heterocycles. The molecule has 0 aliphatic carbocycles. The van der Waals surface area contributed by atoms with Crippen molar-refractivity contribution >= 4 is 22.1 Å². The zero-order chi connectivity index (χ0) is 28.3. The standard InChI is InChI=1S/C33H34N6O2/c1-3-5-11-22-17-24(32(40)30(19-22)38-34-26-13-7-8-14-27(26)35-38)21-25-18-23(12-6-4-2)20-31(33(25)41)39-36-28-15-9-10-16-29(28)37-39/h7-10,13-20,40-41H,3-6,11-12,21H2,1-2H3. The van der Waals surface area contributed by atoms with Crippen molar-refractivity contribution in [2.75, 3.05) is 0 Å². The molecule has 0 radical (unpaired) electrons. The summed E-state index contributed by atoms with van der Waals surface area (Å²) in [5.41, 5.74) is 7.73. The van der Waals surface area contributed by atoms with Crippen LogP contribution in [0.25, 0.3) is 33.4 Å². The average molecular weight is 547 g/mol. The van der Waals surface area contributed by atoms with Gasteiger partial charge in [-0.05, 0) is 73.2 Å². The van der Waals surface area contributed by atoms with Crippen molar-refractivity contribution in [2.45, 2.75) is 58.8 Å². The number of phenolic OH excluding ortho intramolecular Hbond substituents is 2. The molecule has 0 amide bonds. The van der Waals surface area contributed by atoms with Crippen LogP contribution in [0.2, 0.25) is 0 Å². The Labute approximate surface area is 238 Å². The van der Waals surface area contributed by atoms with Gasteiger partial charge in [0.05, 0.1) is 0 Å². The van der Waals surface area contributed by atoms with Gasteiger partial charge in [0.2, 0.25) is 0 Å². The highest BCUT2D eigenvalue weighted by Crippen LogP contribution is 2.35. The minimum absolute atomic E-state index is 0.105. The van der Waals surface area contributed by atoms with Crippen LogP contribution in [0.15, 0.2) is 72.8 Å². The molecule has 208 valence electrons. The van der Waals surface area contributed by atoms with Crippen LogP contribution < -0.4 is 0 Å². The second-order valence-corrected chi connectivity index (χ2v) is 10.6. The smallest absolute Gasteiger partial charge is 0.146 e. The lowest BCUT2D eigenvalue weighted by molar-refractivity contribution is 0.455. The van der Waals surface area contributed by atoms with E-state index in [-0.39, 0.29) is 11.5 Å².